The zero-order valence-electron chi connectivity index (χ0n) is 16.0. The van der Waals surface area contributed by atoms with Crippen molar-refractivity contribution in [2.75, 3.05) is 18.4 Å². The van der Waals surface area contributed by atoms with Gasteiger partial charge in [-0.05, 0) is 18.1 Å². The molecule has 2 aromatic heterocycles. The molecule has 3 heterocycles. The van der Waals surface area contributed by atoms with Crippen molar-refractivity contribution in [2.24, 2.45) is 0 Å². The summed E-state index contributed by atoms with van der Waals surface area (Å²) in [7, 11) is 0. The van der Waals surface area contributed by atoms with Crippen LogP contribution in [0.25, 0.3) is 11.3 Å². The number of H-pyrrole nitrogens is 1. The Morgan fingerprint density at radius 1 is 1.17 bits per heavy atom. The second-order valence-corrected chi connectivity index (χ2v) is 7.11. The van der Waals surface area contributed by atoms with Crippen LogP contribution < -0.4 is 5.32 Å². The number of hydrogen-bond donors (Lipinski definition) is 2. The van der Waals surface area contributed by atoms with Crippen LogP contribution in [-0.4, -0.2) is 45.0 Å². The van der Waals surface area contributed by atoms with E-state index in [0.29, 0.717) is 11.3 Å². The Bertz CT molecular complexity index is 1030. The molecule has 0 atom stereocenters. The molecule has 1 amide bonds. The first-order chi connectivity index (χ1) is 14.4. The number of aromatic amines is 1. The molecule has 0 aliphatic carbocycles. The lowest BCUT2D eigenvalue weighted by atomic mass is 10.1. The summed E-state index contributed by atoms with van der Waals surface area (Å²) in [6, 6.07) is 10.6. The van der Waals surface area contributed by atoms with Gasteiger partial charge in [-0.3, -0.25) is 4.79 Å². The minimum Gasteiger partial charge on any atom is -0.369 e. The normalized spacial score (nSPS) is 13.0. The molecular weight excluding hydrogens is 395 g/mol. The van der Waals surface area contributed by atoms with Crippen LogP contribution in [0.4, 0.5) is 19.0 Å². The molecule has 1 aromatic carbocycles. The van der Waals surface area contributed by atoms with E-state index in [1.807, 2.05) is 6.07 Å². The lowest BCUT2D eigenvalue weighted by Crippen LogP contribution is -2.34. The number of amides is 1. The first kappa shape index (κ1) is 19.9. The molecule has 0 bridgehead atoms. The number of rotatable bonds is 6. The molecule has 1 aliphatic rings. The third-order valence-electron chi connectivity index (χ3n) is 4.97. The fraction of sp³-hybridized carbons (Fsp3) is 0.286. The maximum Gasteiger partial charge on any atom is 0.390 e. The van der Waals surface area contributed by atoms with E-state index in [1.54, 1.807) is 36.5 Å². The molecule has 9 heteroatoms. The van der Waals surface area contributed by atoms with E-state index in [2.05, 4.69) is 20.3 Å². The van der Waals surface area contributed by atoms with E-state index in [9.17, 15) is 18.0 Å². The zero-order valence-corrected chi connectivity index (χ0v) is 16.0. The first-order valence-corrected chi connectivity index (χ1v) is 9.57. The summed E-state index contributed by atoms with van der Waals surface area (Å²) >= 11 is 0. The highest BCUT2D eigenvalue weighted by Gasteiger charge is 2.30. The summed E-state index contributed by atoms with van der Waals surface area (Å²) in [5, 5.41) is 3.17. The Hall–Kier alpha value is -3.36. The Morgan fingerprint density at radius 2 is 1.97 bits per heavy atom. The van der Waals surface area contributed by atoms with Crippen LogP contribution in [0, 0.1) is 0 Å². The molecule has 156 valence electrons. The van der Waals surface area contributed by atoms with E-state index >= 15 is 0 Å². The second-order valence-electron chi connectivity index (χ2n) is 7.11. The molecule has 0 saturated carbocycles. The Balaban J connectivity index is 1.58. The van der Waals surface area contributed by atoms with Crippen LogP contribution in [0.3, 0.4) is 0 Å². The van der Waals surface area contributed by atoms with Crippen molar-refractivity contribution in [3.05, 3.63) is 65.7 Å². The average molecular weight is 415 g/mol. The van der Waals surface area contributed by atoms with Gasteiger partial charge in [-0.25, -0.2) is 9.97 Å². The van der Waals surface area contributed by atoms with Gasteiger partial charge in [-0.15, -0.1) is 0 Å². The van der Waals surface area contributed by atoms with Gasteiger partial charge in [0.15, 0.2) is 0 Å². The number of anilines is 1. The number of hydrogen-bond acceptors (Lipinski definition) is 4. The third-order valence-corrected chi connectivity index (χ3v) is 4.97. The Labute approximate surface area is 171 Å². The van der Waals surface area contributed by atoms with Gasteiger partial charge >= 0.3 is 6.18 Å². The number of aromatic nitrogens is 3. The lowest BCUT2D eigenvalue weighted by molar-refractivity contribution is -0.136. The quantitative estimate of drug-likeness (QED) is 0.638. The van der Waals surface area contributed by atoms with E-state index in [4.69, 9.17) is 0 Å². The monoisotopic (exact) mass is 415 g/mol. The highest BCUT2D eigenvalue weighted by Crippen LogP contribution is 2.30. The van der Waals surface area contributed by atoms with Crippen LogP contribution in [0.2, 0.25) is 0 Å². The molecule has 2 N–H and O–H groups in total. The lowest BCUT2D eigenvalue weighted by Gasteiger charge is -2.23. The van der Waals surface area contributed by atoms with Crippen molar-refractivity contribution in [3.63, 3.8) is 0 Å². The highest BCUT2D eigenvalue weighted by molar-refractivity contribution is 5.94. The van der Waals surface area contributed by atoms with Gasteiger partial charge in [0.25, 0.3) is 5.91 Å². The molecule has 3 aromatic rings. The molecule has 0 spiro atoms. The topological polar surface area (TPSA) is 73.9 Å². The molecule has 30 heavy (non-hydrogen) atoms. The number of carbonyl (C=O) groups excluding carboxylic acids is 1. The summed E-state index contributed by atoms with van der Waals surface area (Å²) in [5.41, 5.74) is 3.37. The smallest absolute Gasteiger partial charge is 0.369 e. The number of nitrogens with zero attached hydrogens (tertiary/aromatic N) is 3. The van der Waals surface area contributed by atoms with E-state index < -0.39 is 25.0 Å². The van der Waals surface area contributed by atoms with Crippen molar-refractivity contribution in [2.45, 2.75) is 25.6 Å². The molecule has 1 aliphatic heterocycles. The Morgan fingerprint density at radius 3 is 2.73 bits per heavy atom. The summed E-state index contributed by atoms with van der Waals surface area (Å²) in [4.78, 5) is 25.7. The summed E-state index contributed by atoms with van der Waals surface area (Å²) in [6.45, 7) is 0.439. The molecule has 0 unspecified atom stereocenters. The first-order valence-electron chi connectivity index (χ1n) is 9.57. The van der Waals surface area contributed by atoms with Gasteiger partial charge in [-0.2, -0.15) is 13.2 Å². The van der Waals surface area contributed by atoms with E-state index in [0.717, 1.165) is 29.9 Å². The molecule has 6 nitrogen and oxygen atoms in total. The van der Waals surface area contributed by atoms with E-state index in [1.165, 1.54) is 11.2 Å². The largest absolute Gasteiger partial charge is 0.390 e. The molecule has 0 saturated heterocycles. The fourth-order valence-electron chi connectivity index (χ4n) is 3.50. The van der Waals surface area contributed by atoms with Crippen LogP contribution in [-0.2, 0) is 13.0 Å². The Kier molecular flexibility index (Phi) is 5.43. The van der Waals surface area contributed by atoms with Gasteiger partial charge in [0.2, 0.25) is 0 Å². The standard InChI is InChI=1S/C21H20F3N5O/c22-21(23,24)7-9-29(12-14-4-2-1-3-5-14)20(30)17-10-15(11-26-17)18-16-6-8-25-19(16)28-13-27-18/h1-5,10-11,13,26H,6-9,12H2,(H,25,27,28). The SMILES string of the molecule is O=C(c1cc(-c2ncnc3c2CCN3)c[nH]1)N(CCC(F)(F)F)Cc1ccccc1. The maximum atomic E-state index is 13.0. The predicted molar refractivity (Wildman–Crippen MR) is 106 cm³/mol. The van der Waals surface area contributed by atoms with Gasteiger partial charge in [0.1, 0.15) is 17.8 Å². The zero-order chi connectivity index (χ0) is 21.1. The van der Waals surface area contributed by atoms with Crippen molar-refractivity contribution >= 4 is 11.7 Å². The van der Waals surface area contributed by atoms with Crippen molar-refractivity contribution < 1.29 is 18.0 Å². The van der Waals surface area contributed by atoms with Gasteiger partial charge in [0.05, 0.1) is 12.1 Å². The summed E-state index contributed by atoms with van der Waals surface area (Å²) in [5.74, 6) is 0.281. The number of alkyl halides is 3. The van der Waals surface area contributed by atoms with E-state index in [-0.39, 0.29) is 12.2 Å². The average Bonchev–Trinajstić information content (AvgIpc) is 3.40. The second kappa shape index (κ2) is 8.17. The summed E-state index contributed by atoms with van der Waals surface area (Å²) in [6.07, 6.45) is -1.54. The van der Waals surface area contributed by atoms with Crippen LogP contribution >= 0.6 is 0 Å². The molecule has 4 rings (SSSR count). The summed E-state index contributed by atoms with van der Waals surface area (Å²) < 4.78 is 38.4. The minimum absolute atomic E-state index is 0.0942. The maximum absolute atomic E-state index is 13.0. The van der Waals surface area contributed by atoms with Crippen LogP contribution in [0.1, 0.15) is 28.0 Å². The van der Waals surface area contributed by atoms with Gasteiger partial charge in [0, 0.05) is 37.0 Å². The van der Waals surface area contributed by atoms with Crippen molar-refractivity contribution in [3.8, 4) is 11.3 Å². The number of fused-ring (bicyclic) bond motifs is 1. The van der Waals surface area contributed by atoms with Crippen LogP contribution in [0.15, 0.2) is 48.9 Å². The number of carbonyl (C=O) groups is 1. The molecule has 0 radical (unpaired) electrons. The van der Waals surface area contributed by atoms with Gasteiger partial charge < -0.3 is 15.2 Å². The third kappa shape index (κ3) is 4.45. The van der Waals surface area contributed by atoms with Crippen molar-refractivity contribution in [1.82, 2.24) is 19.9 Å². The highest BCUT2D eigenvalue weighted by atomic mass is 19.4. The number of nitrogens with one attached hydrogen (secondary N) is 2. The minimum atomic E-state index is -4.34. The predicted octanol–water partition coefficient (Wildman–Crippen LogP) is 4.03. The van der Waals surface area contributed by atoms with Crippen molar-refractivity contribution in [1.29, 1.82) is 0 Å². The van der Waals surface area contributed by atoms with Crippen LogP contribution in [0.5, 0.6) is 0 Å². The molecule has 0 fully saturated rings. The number of halogens is 3. The van der Waals surface area contributed by atoms with Gasteiger partial charge in [-0.1, -0.05) is 30.3 Å². The fourth-order valence-corrected chi connectivity index (χ4v) is 3.50. The molecular formula is C21H20F3N5O. The number of benzene rings is 1.